The number of aryl methyl sites for hydroxylation is 1. The lowest BCUT2D eigenvalue weighted by Crippen LogP contribution is -2.41. The van der Waals surface area contributed by atoms with Crippen LogP contribution in [0.5, 0.6) is 5.75 Å². The number of anilines is 1. The third kappa shape index (κ3) is 7.34. The number of rotatable bonds is 8. The van der Waals surface area contributed by atoms with Gasteiger partial charge in [0.05, 0.1) is 13.1 Å². The Bertz CT molecular complexity index is 808. The quantitative estimate of drug-likeness (QED) is 0.310. The first kappa shape index (κ1) is 24.2. The Kier molecular flexibility index (Phi) is 10.2. The molecule has 1 atom stereocenters. The Balaban J connectivity index is 0.00000320. The van der Waals surface area contributed by atoms with E-state index in [0.29, 0.717) is 13.1 Å². The zero-order valence-corrected chi connectivity index (χ0v) is 20.6. The van der Waals surface area contributed by atoms with Crippen LogP contribution in [0.1, 0.15) is 37.8 Å². The van der Waals surface area contributed by atoms with Crippen LogP contribution in [0.4, 0.5) is 5.82 Å². The van der Waals surface area contributed by atoms with Crippen LogP contribution in [0.2, 0.25) is 0 Å². The Hall–Kier alpha value is -2.03. The van der Waals surface area contributed by atoms with E-state index in [0.717, 1.165) is 42.7 Å². The topological polar surface area (TPSA) is 61.8 Å². The van der Waals surface area contributed by atoms with E-state index >= 15 is 0 Å². The average Bonchev–Trinajstić information content (AvgIpc) is 3.27. The number of hydrogen-bond acceptors (Lipinski definition) is 4. The number of nitrogens with zero attached hydrogens (tertiary/aromatic N) is 3. The van der Waals surface area contributed by atoms with Gasteiger partial charge in [-0.25, -0.2) is 9.98 Å². The lowest BCUT2D eigenvalue weighted by Gasteiger charge is -2.19. The van der Waals surface area contributed by atoms with Gasteiger partial charge in [0.15, 0.2) is 5.96 Å². The predicted molar refractivity (Wildman–Crippen MR) is 135 cm³/mol. The molecule has 0 bridgehead atoms. The molecule has 1 fully saturated rings. The molecule has 7 heteroatoms. The molecule has 1 unspecified atom stereocenters. The number of nitrogens with one attached hydrogen (secondary N) is 2. The fraction of sp³-hybridized carbons (Fsp3) is 0.478. The van der Waals surface area contributed by atoms with Crippen LogP contribution in [0.3, 0.4) is 0 Å². The molecule has 0 amide bonds. The van der Waals surface area contributed by atoms with Gasteiger partial charge < -0.3 is 20.3 Å². The number of aliphatic imine (C=N–C) groups is 1. The Labute approximate surface area is 197 Å². The van der Waals surface area contributed by atoms with Gasteiger partial charge in [0.25, 0.3) is 0 Å². The summed E-state index contributed by atoms with van der Waals surface area (Å²) in [5, 5.41) is 6.70. The van der Waals surface area contributed by atoms with E-state index in [9.17, 15) is 0 Å². The largest absolute Gasteiger partial charge is 0.489 e. The maximum absolute atomic E-state index is 6.05. The van der Waals surface area contributed by atoms with Crippen molar-refractivity contribution in [2.24, 2.45) is 4.99 Å². The van der Waals surface area contributed by atoms with Gasteiger partial charge in [0.2, 0.25) is 0 Å². The van der Waals surface area contributed by atoms with Crippen molar-refractivity contribution in [2.45, 2.75) is 46.3 Å². The van der Waals surface area contributed by atoms with Gasteiger partial charge in [-0.05, 0) is 62.9 Å². The van der Waals surface area contributed by atoms with Crippen molar-refractivity contribution in [1.82, 2.24) is 15.6 Å². The number of halogens is 1. The molecule has 0 radical (unpaired) electrons. The van der Waals surface area contributed by atoms with E-state index in [1.807, 2.05) is 30.5 Å². The second-order valence-corrected chi connectivity index (χ2v) is 7.49. The minimum absolute atomic E-state index is 0. The highest BCUT2D eigenvalue weighted by Crippen LogP contribution is 2.19. The lowest BCUT2D eigenvalue weighted by atomic mass is 10.2. The number of benzene rings is 1. The first-order chi connectivity index (χ1) is 14.2. The molecule has 3 rings (SSSR count). The van der Waals surface area contributed by atoms with E-state index in [2.05, 4.69) is 53.4 Å². The first-order valence-electron chi connectivity index (χ1n) is 10.6. The summed E-state index contributed by atoms with van der Waals surface area (Å²) in [6, 6.07) is 12.3. The molecule has 1 aliphatic heterocycles. The first-order valence-corrected chi connectivity index (χ1v) is 10.6. The fourth-order valence-corrected chi connectivity index (χ4v) is 3.38. The molecule has 0 spiro atoms. The number of pyridine rings is 1. The van der Waals surface area contributed by atoms with Crippen molar-refractivity contribution in [2.75, 3.05) is 31.1 Å². The van der Waals surface area contributed by atoms with Crippen molar-refractivity contribution < 1.29 is 4.74 Å². The minimum Gasteiger partial charge on any atom is -0.489 e. The van der Waals surface area contributed by atoms with Crippen molar-refractivity contribution in [1.29, 1.82) is 0 Å². The summed E-state index contributed by atoms with van der Waals surface area (Å²) in [7, 11) is 0. The molecule has 2 heterocycles. The molecule has 0 saturated carbocycles. The number of para-hydroxylation sites is 1. The highest BCUT2D eigenvalue weighted by atomic mass is 127. The SMILES string of the molecule is CCNC(=NCc1ccnc(N2CCCC2)c1)NCC(C)Oc1ccccc1C.I. The second-order valence-electron chi connectivity index (χ2n) is 7.49. The smallest absolute Gasteiger partial charge is 0.191 e. The molecule has 1 aromatic carbocycles. The van der Waals surface area contributed by atoms with Crippen molar-refractivity contribution in [3.63, 3.8) is 0 Å². The van der Waals surface area contributed by atoms with Gasteiger partial charge >= 0.3 is 0 Å². The van der Waals surface area contributed by atoms with Crippen LogP contribution in [-0.2, 0) is 6.54 Å². The Morgan fingerprint density at radius 3 is 2.70 bits per heavy atom. The molecule has 30 heavy (non-hydrogen) atoms. The van der Waals surface area contributed by atoms with Crippen LogP contribution in [0.15, 0.2) is 47.6 Å². The minimum atomic E-state index is 0. The summed E-state index contributed by atoms with van der Waals surface area (Å²) in [6.45, 7) is 10.5. The van der Waals surface area contributed by atoms with Gasteiger partial charge in [0.1, 0.15) is 17.7 Å². The van der Waals surface area contributed by atoms with Gasteiger partial charge in [0, 0.05) is 25.8 Å². The van der Waals surface area contributed by atoms with Crippen molar-refractivity contribution >= 4 is 35.8 Å². The summed E-state index contributed by atoms with van der Waals surface area (Å²) in [4.78, 5) is 11.6. The predicted octanol–water partition coefficient (Wildman–Crippen LogP) is 4.13. The lowest BCUT2D eigenvalue weighted by molar-refractivity contribution is 0.222. The fourth-order valence-electron chi connectivity index (χ4n) is 3.38. The van der Waals surface area contributed by atoms with Crippen molar-refractivity contribution in [3.8, 4) is 5.75 Å². The molecule has 1 aromatic heterocycles. The highest BCUT2D eigenvalue weighted by Gasteiger charge is 2.13. The molecule has 0 aliphatic carbocycles. The summed E-state index contributed by atoms with van der Waals surface area (Å²) >= 11 is 0. The third-order valence-electron chi connectivity index (χ3n) is 4.98. The summed E-state index contributed by atoms with van der Waals surface area (Å²) in [6.07, 6.45) is 4.42. The van der Waals surface area contributed by atoms with E-state index in [1.165, 1.54) is 18.4 Å². The standard InChI is InChI=1S/C23H33N5O.HI/c1-4-24-23(26-16-19(3)29-21-10-6-5-9-18(21)2)27-17-20-11-12-25-22(15-20)28-13-7-8-14-28;/h5-6,9-12,15,19H,4,7-8,13-14,16-17H2,1-3H3,(H2,24,26,27);1H. The zero-order valence-electron chi connectivity index (χ0n) is 18.2. The Morgan fingerprint density at radius 2 is 1.97 bits per heavy atom. The van der Waals surface area contributed by atoms with Gasteiger partial charge in [-0.1, -0.05) is 18.2 Å². The molecule has 6 nitrogen and oxygen atoms in total. The number of hydrogen-bond donors (Lipinski definition) is 2. The van der Waals surface area contributed by atoms with E-state index in [-0.39, 0.29) is 30.1 Å². The van der Waals surface area contributed by atoms with Crippen molar-refractivity contribution in [3.05, 3.63) is 53.7 Å². The van der Waals surface area contributed by atoms with Crippen LogP contribution in [-0.4, -0.2) is 43.2 Å². The molecule has 1 saturated heterocycles. The molecule has 2 N–H and O–H groups in total. The maximum atomic E-state index is 6.05. The normalized spacial score (nSPS) is 14.8. The molecule has 2 aromatic rings. The molecular weight excluding hydrogens is 489 g/mol. The van der Waals surface area contributed by atoms with Crippen LogP contribution >= 0.6 is 24.0 Å². The monoisotopic (exact) mass is 523 g/mol. The number of guanidine groups is 1. The van der Waals surface area contributed by atoms with Gasteiger partial charge in [-0.3, -0.25) is 0 Å². The van der Waals surface area contributed by atoms with E-state index in [1.54, 1.807) is 0 Å². The third-order valence-corrected chi connectivity index (χ3v) is 4.98. The number of ether oxygens (including phenoxy) is 1. The summed E-state index contributed by atoms with van der Waals surface area (Å²) in [5.74, 6) is 2.79. The second kappa shape index (κ2) is 12.6. The summed E-state index contributed by atoms with van der Waals surface area (Å²) in [5.41, 5.74) is 2.31. The van der Waals surface area contributed by atoms with Gasteiger partial charge in [-0.2, -0.15) is 0 Å². The molecule has 1 aliphatic rings. The zero-order chi connectivity index (χ0) is 20.5. The van der Waals surface area contributed by atoms with Crippen LogP contribution in [0.25, 0.3) is 0 Å². The summed E-state index contributed by atoms with van der Waals surface area (Å²) < 4.78 is 6.05. The van der Waals surface area contributed by atoms with Crippen LogP contribution in [0, 0.1) is 6.92 Å². The number of aromatic nitrogens is 1. The Morgan fingerprint density at radius 1 is 1.20 bits per heavy atom. The molecule has 164 valence electrons. The van der Waals surface area contributed by atoms with Crippen LogP contribution < -0.4 is 20.3 Å². The highest BCUT2D eigenvalue weighted by molar-refractivity contribution is 14.0. The van der Waals surface area contributed by atoms with Gasteiger partial charge in [-0.15, -0.1) is 24.0 Å². The maximum Gasteiger partial charge on any atom is 0.191 e. The average molecular weight is 523 g/mol. The van der Waals surface area contributed by atoms with E-state index in [4.69, 9.17) is 9.73 Å². The molecular formula is C23H34IN5O. The van der Waals surface area contributed by atoms with E-state index < -0.39 is 0 Å².